The molecule has 2 aliphatic rings. The van der Waals surface area contributed by atoms with Crippen molar-refractivity contribution < 1.29 is 0 Å². The third-order valence-electron chi connectivity index (χ3n) is 4.60. The van der Waals surface area contributed by atoms with Crippen molar-refractivity contribution in [1.29, 1.82) is 0 Å². The Kier molecular flexibility index (Phi) is 5.49. The van der Waals surface area contributed by atoms with Gasteiger partial charge in [0.05, 0.1) is 0 Å². The van der Waals surface area contributed by atoms with Crippen molar-refractivity contribution >= 4 is 0 Å². The molecule has 1 aliphatic heterocycles. The molecule has 110 valence electrons. The van der Waals surface area contributed by atoms with Gasteiger partial charge in [0.25, 0.3) is 0 Å². The van der Waals surface area contributed by atoms with E-state index in [9.17, 15) is 0 Å². The fraction of sp³-hybridized carbons (Fsp3) is 0.684. The SMILES string of the molecule is CC(C)C1=CC=C(C#CCC2CCCN(C)C2)CC1C. The molecule has 0 radical (unpaired) electrons. The minimum Gasteiger partial charge on any atom is -0.306 e. The molecule has 0 aromatic rings. The van der Waals surface area contributed by atoms with E-state index < -0.39 is 0 Å². The van der Waals surface area contributed by atoms with Crippen LogP contribution in [0.2, 0.25) is 0 Å². The first-order valence-corrected chi connectivity index (χ1v) is 8.14. The first kappa shape index (κ1) is 15.4. The Morgan fingerprint density at radius 1 is 1.35 bits per heavy atom. The molecule has 1 nitrogen and oxygen atoms in total. The van der Waals surface area contributed by atoms with Crippen molar-refractivity contribution in [3.8, 4) is 11.8 Å². The predicted molar refractivity (Wildman–Crippen MR) is 87.4 cm³/mol. The fourth-order valence-electron chi connectivity index (χ4n) is 3.48. The Bertz CT molecular complexity index is 444. The topological polar surface area (TPSA) is 3.24 Å². The molecule has 2 unspecified atom stereocenters. The first-order chi connectivity index (χ1) is 9.56. The maximum Gasteiger partial charge on any atom is 0.0133 e. The summed E-state index contributed by atoms with van der Waals surface area (Å²) in [6, 6.07) is 0. The molecule has 0 amide bonds. The second kappa shape index (κ2) is 7.14. The van der Waals surface area contributed by atoms with E-state index in [-0.39, 0.29) is 0 Å². The summed E-state index contributed by atoms with van der Waals surface area (Å²) in [5, 5.41) is 0. The average Bonchev–Trinajstić information content (AvgIpc) is 2.38. The van der Waals surface area contributed by atoms with Crippen molar-refractivity contribution in [2.75, 3.05) is 20.1 Å². The Morgan fingerprint density at radius 3 is 2.80 bits per heavy atom. The quantitative estimate of drug-likeness (QED) is 0.678. The summed E-state index contributed by atoms with van der Waals surface area (Å²) in [4.78, 5) is 2.44. The van der Waals surface area contributed by atoms with Crippen molar-refractivity contribution in [2.45, 2.75) is 46.5 Å². The van der Waals surface area contributed by atoms with Crippen LogP contribution in [-0.2, 0) is 0 Å². The molecule has 0 spiro atoms. The van der Waals surface area contributed by atoms with Gasteiger partial charge in [0.15, 0.2) is 0 Å². The highest BCUT2D eigenvalue weighted by molar-refractivity contribution is 5.38. The minimum atomic E-state index is 0.658. The van der Waals surface area contributed by atoms with E-state index in [1.165, 1.54) is 31.5 Å². The van der Waals surface area contributed by atoms with Crippen molar-refractivity contribution in [3.05, 3.63) is 23.3 Å². The van der Waals surface area contributed by atoms with Crippen LogP contribution in [0, 0.1) is 29.6 Å². The van der Waals surface area contributed by atoms with Gasteiger partial charge in [0.2, 0.25) is 0 Å². The molecule has 1 saturated heterocycles. The summed E-state index contributed by atoms with van der Waals surface area (Å²) < 4.78 is 0. The number of hydrogen-bond acceptors (Lipinski definition) is 1. The normalized spacial score (nSPS) is 27.6. The molecule has 2 rings (SSSR count). The van der Waals surface area contributed by atoms with E-state index in [0.717, 1.165) is 18.8 Å². The maximum atomic E-state index is 3.44. The van der Waals surface area contributed by atoms with Crippen LogP contribution in [0.25, 0.3) is 0 Å². The van der Waals surface area contributed by atoms with Crippen LogP contribution in [0.15, 0.2) is 23.3 Å². The van der Waals surface area contributed by atoms with Gasteiger partial charge in [-0.05, 0) is 50.6 Å². The lowest BCUT2D eigenvalue weighted by molar-refractivity contribution is 0.213. The van der Waals surface area contributed by atoms with Crippen LogP contribution in [0.5, 0.6) is 0 Å². The van der Waals surface area contributed by atoms with Crippen molar-refractivity contribution in [3.63, 3.8) is 0 Å². The highest BCUT2D eigenvalue weighted by Crippen LogP contribution is 2.29. The summed E-state index contributed by atoms with van der Waals surface area (Å²) in [5.41, 5.74) is 2.90. The summed E-state index contributed by atoms with van der Waals surface area (Å²) in [6.45, 7) is 9.38. The Labute approximate surface area is 125 Å². The van der Waals surface area contributed by atoms with E-state index in [1.807, 2.05) is 0 Å². The smallest absolute Gasteiger partial charge is 0.0133 e. The third kappa shape index (κ3) is 4.25. The lowest BCUT2D eigenvalue weighted by Gasteiger charge is -2.28. The van der Waals surface area contributed by atoms with Gasteiger partial charge in [0, 0.05) is 18.5 Å². The molecule has 0 bridgehead atoms. The molecule has 0 saturated carbocycles. The van der Waals surface area contributed by atoms with Gasteiger partial charge in [-0.25, -0.2) is 0 Å². The van der Waals surface area contributed by atoms with E-state index in [2.05, 4.69) is 56.7 Å². The molecule has 1 heterocycles. The lowest BCUT2D eigenvalue weighted by Crippen LogP contribution is -2.31. The molecule has 0 aromatic carbocycles. The molecule has 0 aromatic heterocycles. The summed E-state index contributed by atoms with van der Waals surface area (Å²) in [7, 11) is 2.23. The lowest BCUT2D eigenvalue weighted by atomic mass is 9.83. The zero-order chi connectivity index (χ0) is 14.5. The molecular weight excluding hydrogens is 242 g/mol. The van der Waals surface area contributed by atoms with E-state index in [4.69, 9.17) is 0 Å². The van der Waals surface area contributed by atoms with Crippen LogP contribution in [0.1, 0.15) is 46.5 Å². The van der Waals surface area contributed by atoms with Gasteiger partial charge in [-0.15, -0.1) is 0 Å². The number of likely N-dealkylation sites (tertiary alicyclic amines) is 1. The summed E-state index contributed by atoms with van der Waals surface area (Å²) in [5.74, 6) is 8.96. The molecule has 1 heteroatoms. The van der Waals surface area contributed by atoms with E-state index in [0.29, 0.717) is 11.8 Å². The molecule has 20 heavy (non-hydrogen) atoms. The van der Waals surface area contributed by atoms with Gasteiger partial charge >= 0.3 is 0 Å². The number of allylic oxidation sites excluding steroid dienone is 4. The first-order valence-electron chi connectivity index (χ1n) is 8.14. The van der Waals surface area contributed by atoms with Crippen LogP contribution >= 0.6 is 0 Å². The number of hydrogen-bond donors (Lipinski definition) is 0. The zero-order valence-electron chi connectivity index (χ0n) is 13.6. The number of rotatable bonds is 2. The fourth-order valence-corrected chi connectivity index (χ4v) is 3.48. The zero-order valence-corrected chi connectivity index (χ0v) is 13.6. The number of piperidine rings is 1. The van der Waals surface area contributed by atoms with Crippen LogP contribution in [0.4, 0.5) is 0 Å². The molecule has 2 atom stereocenters. The monoisotopic (exact) mass is 271 g/mol. The van der Waals surface area contributed by atoms with Gasteiger partial charge in [0.1, 0.15) is 0 Å². The molecule has 0 N–H and O–H groups in total. The Morgan fingerprint density at radius 2 is 2.15 bits per heavy atom. The standard InChI is InChI=1S/C19H29N/c1-15(2)19-11-10-17(13-16(19)3)7-5-8-18-9-6-12-20(4)14-18/h10-11,15-16,18H,6,8-9,12-14H2,1-4H3. The average molecular weight is 271 g/mol. The van der Waals surface area contributed by atoms with Gasteiger partial charge in [-0.3, -0.25) is 0 Å². The molecule has 1 aliphatic carbocycles. The highest BCUT2D eigenvalue weighted by Gasteiger charge is 2.17. The van der Waals surface area contributed by atoms with Gasteiger partial charge in [-0.2, -0.15) is 0 Å². The number of nitrogens with zero attached hydrogens (tertiary/aromatic N) is 1. The second-order valence-electron chi connectivity index (χ2n) is 6.89. The third-order valence-corrected chi connectivity index (χ3v) is 4.60. The largest absolute Gasteiger partial charge is 0.306 e. The molecule has 1 fully saturated rings. The summed E-state index contributed by atoms with van der Waals surface area (Å²) >= 11 is 0. The van der Waals surface area contributed by atoms with E-state index >= 15 is 0 Å². The van der Waals surface area contributed by atoms with Crippen LogP contribution < -0.4 is 0 Å². The van der Waals surface area contributed by atoms with Crippen LogP contribution in [0.3, 0.4) is 0 Å². The highest BCUT2D eigenvalue weighted by atomic mass is 15.1. The van der Waals surface area contributed by atoms with Gasteiger partial charge < -0.3 is 4.90 Å². The Hall–Kier alpha value is -1.00. The Balaban J connectivity index is 1.90. The summed E-state index contributed by atoms with van der Waals surface area (Å²) in [6.07, 6.45) is 9.43. The van der Waals surface area contributed by atoms with Crippen molar-refractivity contribution in [1.82, 2.24) is 4.90 Å². The van der Waals surface area contributed by atoms with Crippen LogP contribution in [-0.4, -0.2) is 25.0 Å². The molecular formula is C19H29N. The predicted octanol–water partition coefficient (Wildman–Crippen LogP) is 4.27. The van der Waals surface area contributed by atoms with Gasteiger partial charge in [-0.1, -0.05) is 50.3 Å². The minimum absolute atomic E-state index is 0.658. The van der Waals surface area contributed by atoms with E-state index in [1.54, 1.807) is 5.57 Å². The second-order valence-corrected chi connectivity index (χ2v) is 6.89. The van der Waals surface area contributed by atoms with Crippen molar-refractivity contribution in [2.24, 2.45) is 17.8 Å². The maximum absolute atomic E-state index is 3.44.